The molecule has 268 valence electrons. The largest absolute Gasteiger partial charge is 0.278 e. The molecule has 3 heterocycles. The summed E-state index contributed by atoms with van der Waals surface area (Å²) in [5.41, 5.74) is 13.9. The molecule has 0 N–H and O–H groups in total. The summed E-state index contributed by atoms with van der Waals surface area (Å²) in [6, 6.07) is 64.9. The molecule has 0 radical (unpaired) electrons. The quantitative estimate of drug-likeness (QED) is 0.166. The van der Waals surface area contributed by atoms with E-state index in [1.54, 1.807) is 0 Å². The number of nitrogens with zero attached hydrogens (tertiary/aromatic N) is 3. The first-order valence-corrected chi connectivity index (χ1v) is 20.0. The van der Waals surface area contributed by atoms with Crippen molar-refractivity contribution >= 4 is 66.4 Å². The predicted octanol–water partition coefficient (Wildman–Crippen LogP) is 13.5. The summed E-state index contributed by atoms with van der Waals surface area (Å²) < 4.78 is 2.17. The molecule has 0 saturated carbocycles. The molecule has 2 aliphatic carbocycles. The van der Waals surface area contributed by atoms with Crippen LogP contribution in [0, 0.1) is 0 Å². The second kappa shape index (κ2) is 11.7. The molecule has 1 spiro atoms. The highest BCUT2D eigenvalue weighted by Gasteiger charge is 2.48. The second-order valence-electron chi connectivity index (χ2n) is 15.7. The Balaban J connectivity index is 1.12. The van der Waals surface area contributed by atoms with Crippen LogP contribution in [-0.4, -0.2) is 14.5 Å². The Bertz CT molecular complexity index is 3570. The molecule has 58 heavy (non-hydrogen) atoms. The van der Waals surface area contributed by atoms with Gasteiger partial charge in [-0.3, -0.25) is 4.57 Å². The highest BCUT2D eigenvalue weighted by molar-refractivity contribution is 6.26. The summed E-state index contributed by atoms with van der Waals surface area (Å²) in [7, 11) is 0. The Hall–Kier alpha value is -7.62. The lowest BCUT2D eigenvalue weighted by Crippen LogP contribution is -2.30. The third-order valence-electron chi connectivity index (χ3n) is 12.9. The molecule has 3 nitrogen and oxygen atoms in total. The highest BCUT2D eigenvalue weighted by atomic mass is 15.1. The minimum absolute atomic E-state index is 0.579. The van der Waals surface area contributed by atoms with Gasteiger partial charge in [-0.2, -0.15) is 0 Å². The highest BCUT2D eigenvalue weighted by Crippen LogP contribution is 2.60. The molecule has 1 unspecified atom stereocenters. The van der Waals surface area contributed by atoms with Crippen molar-refractivity contribution in [3.8, 4) is 28.1 Å². The van der Waals surface area contributed by atoms with E-state index >= 15 is 0 Å². The summed E-state index contributed by atoms with van der Waals surface area (Å²) in [5, 5.41) is 9.98. The number of fused-ring (bicyclic) bond motifs is 18. The predicted molar refractivity (Wildman–Crippen MR) is 241 cm³/mol. The topological polar surface area (TPSA) is 30.7 Å². The van der Waals surface area contributed by atoms with Crippen molar-refractivity contribution in [2.75, 3.05) is 0 Å². The Kier molecular flexibility index (Phi) is 6.37. The van der Waals surface area contributed by atoms with Gasteiger partial charge in [0.2, 0.25) is 0 Å². The van der Waals surface area contributed by atoms with E-state index in [9.17, 15) is 0 Å². The van der Waals surface area contributed by atoms with Crippen molar-refractivity contribution < 1.29 is 0 Å². The van der Waals surface area contributed by atoms with Crippen LogP contribution in [0.3, 0.4) is 0 Å². The maximum atomic E-state index is 5.20. The lowest BCUT2D eigenvalue weighted by atomic mass is 9.65. The van der Waals surface area contributed by atoms with Crippen LogP contribution in [0.25, 0.3) is 94.5 Å². The fourth-order valence-electron chi connectivity index (χ4n) is 10.5. The Morgan fingerprint density at radius 3 is 1.79 bits per heavy atom. The van der Waals surface area contributed by atoms with Gasteiger partial charge in [-0.1, -0.05) is 146 Å². The zero-order valence-electron chi connectivity index (χ0n) is 31.4. The van der Waals surface area contributed by atoms with Gasteiger partial charge >= 0.3 is 0 Å². The van der Waals surface area contributed by atoms with E-state index in [2.05, 4.69) is 174 Å². The van der Waals surface area contributed by atoms with Crippen LogP contribution < -0.4 is 0 Å². The third-order valence-corrected chi connectivity index (χ3v) is 12.9. The van der Waals surface area contributed by atoms with E-state index < -0.39 is 5.41 Å². The first-order chi connectivity index (χ1) is 28.8. The molecule has 0 saturated heterocycles. The number of benzene rings is 8. The maximum absolute atomic E-state index is 5.20. The van der Waals surface area contributed by atoms with Gasteiger partial charge in [0, 0.05) is 28.7 Å². The van der Waals surface area contributed by atoms with Crippen molar-refractivity contribution in [1.82, 2.24) is 14.5 Å². The molecule has 8 aromatic carbocycles. The van der Waals surface area contributed by atoms with Crippen LogP contribution in [0.5, 0.6) is 0 Å². The molecule has 0 amide bonds. The van der Waals surface area contributed by atoms with Gasteiger partial charge < -0.3 is 0 Å². The van der Waals surface area contributed by atoms with Gasteiger partial charge in [-0.05, 0) is 125 Å². The third kappa shape index (κ3) is 4.12. The van der Waals surface area contributed by atoms with Crippen LogP contribution in [-0.2, 0) is 5.41 Å². The van der Waals surface area contributed by atoms with Gasteiger partial charge in [-0.25, -0.2) is 9.97 Å². The minimum Gasteiger partial charge on any atom is -0.278 e. The van der Waals surface area contributed by atoms with Crippen LogP contribution in [0.2, 0.25) is 0 Å². The summed E-state index contributed by atoms with van der Waals surface area (Å²) in [4.78, 5) is 9.92. The number of rotatable bonds is 2. The van der Waals surface area contributed by atoms with Gasteiger partial charge in [0.15, 0.2) is 0 Å². The fraction of sp³-hybridized carbons (Fsp3) is 0.0182. The number of pyridine rings is 2. The normalized spacial score (nSPS) is 15.2. The van der Waals surface area contributed by atoms with Crippen LogP contribution in [0.1, 0.15) is 33.4 Å². The molecule has 2 aliphatic rings. The summed E-state index contributed by atoms with van der Waals surface area (Å²) in [5.74, 6) is 0.859. The van der Waals surface area contributed by atoms with E-state index in [0.29, 0.717) is 0 Å². The lowest BCUT2D eigenvalue weighted by molar-refractivity contribution is 0.768. The average molecular weight is 736 g/mol. The minimum atomic E-state index is -0.579. The van der Waals surface area contributed by atoms with Crippen molar-refractivity contribution in [2.45, 2.75) is 5.41 Å². The lowest BCUT2D eigenvalue weighted by Gasteiger charge is -2.36. The first kappa shape index (κ1) is 31.6. The zero-order chi connectivity index (χ0) is 38.0. The molecule has 3 heteroatoms. The molecule has 0 aliphatic heterocycles. The molecule has 11 aromatic rings. The summed E-state index contributed by atoms with van der Waals surface area (Å²) >= 11 is 0. The summed E-state index contributed by atoms with van der Waals surface area (Å²) in [6.45, 7) is 0. The van der Waals surface area contributed by atoms with Crippen molar-refractivity contribution in [1.29, 1.82) is 0 Å². The Morgan fingerprint density at radius 2 is 1.02 bits per heavy atom. The van der Waals surface area contributed by atoms with E-state index in [0.717, 1.165) is 38.9 Å². The van der Waals surface area contributed by atoms with Crippen LogP contribution in [0.4, 0.5) is 0 Å². The number of para-hydroxylation sites is 1. The van der Waals surface area contributed by atoms with E-state index in [1.165, 1.54) is 76.8 Å². The monoisotopic (exact) mass is 735 g/mol. The Labute approximate surface area is 334 Å². The van der Waals surface area contributed by atoms with Gasteiger partial charge in [0.1, 0.15) is 11.5 Å². The number of hydrogen-bond donors (Lipinski definition) is 0. The van der Waals surface area contributed by atoms with Crippen molar-refractivity contribution in [3.63, 3.8) is 0 Å². The summed E-state index contributed by atoms with van der Waals surface area (Å²) in [6.07, 6.45) is 8.51. The average Bonchev–Trinajstić information content (AvgIpc) is 3.72. The molecular weight excluding hydrogens is 703 g/mol. The SMILES string of the molecule is C1=Cc2ccc(-c3cnc4c(c3)c3ccccc3n4-c3ccccn3)cc2C2(c3ccccc31)c1ccccc1-c1cc3c4ccccc4c4ccccc4c3cc12. The van der Waals surface area contributed by atoms with Gasteiger partial charge in [-0.15, -0.1) is 0 Å². The van der Waals surface area contributed by atoms with Crippen LogP contribution in [0.15, 0.2) is 188 Å². The van der Waals surface area contributed by atoms with Crippen molar-refractivity contribution in [3.05, 3.63) is 222 Å². The number of hydrogen-bond acceptors (Lipinski definition) is 2. The van der Waals surface area contributed by atoms with E-state index in [-0.39, 0.29) is 0 Å². The first-order valence-electron chi connectivity index (χ1n) is 20.0. The van der Waals surface area contributed by atoms with E-state index in [4.69, 9.17) is 9.97 Å². The molecule has 0 bridgehead atoms. The smallest absolute Gasteiger partial charge is 0.146 e. The molecule has 0 fully saturated rings. The van der Waals surface area contributed by atoms with Crippen LogP contribution >= 0.6 is 0 Å². The van der Waals surface area contributed by atoms with Gasteiger partial charge in [0.05, 0.1) is 10.9 Å². The standard InChI is InChI=1S/C55H33N3/c1-8-20-48-34(13-1)24-25-35-26-27-36(37-29-47-43-19-7-10-22-52(43)58(54(47)57-33-37)53-23-11-12-28-56-53)30-50(35)55(48)49-21-9-6-18-42(49)46-31-44-40-16-4-2-14-38(40)39-15-3-5-17-41(39)45(44)32-51(46)55/h1-33H. The number of aromatic nitrogens is 3. The fourth-order valence-corrected chi connectivity index (χ4v) is 10.5. The zero-order valence-corrected chi connectivity index (χ0v) is 31.4. The Morgan fingerprint density at radius 1 is 0.379 bits per heavy atom. The van der Waals surface area contributed by atoms with E-state index in [1.807, 2.05) is 30.6 Å². The molecule has 1 atom stereocenters. The molecule has 3 aromatic heterocycles. The second-order valence-corrected chi connectivity index (χ2v) is 15.7. The molecular formula is C55H33N3. The van der Waals surface area contributed by atoms with Crippen molar-refractivity contribution in [2.24, 2.45) is 0 Å². The van der Waals surface area contributed by atoms with Gasteiger partial charge in [0.25, 0.3) is 0 Å². The molecule has 13 rings (SSSR count). The maximum Gasteiger partial charge on any atom is 0.146 e.